The molecule has 72 valence electrons. The molecule has 2 rings (SSSR count). The summed E-state index contributed by atoms with van der Waals surface area (Å²) in [7, 11) is 0. The van der Waals surface area contributed by atoms with Crippen molar-refractivity contribution in [2.24, 2.45) is 5.41 Å². The van der Waals surface area contributed by atoms with E-state index in [0.717, 1.165) is 25.7 Å². The first kappa shape index (κ1) is 8.95. The van der Waals surface area contributed by atoms with Gasteiger partial charge in [0.05, 0.1) is 6.10 Å². The van der Waals surface area contributed by atoms with Gasteiger partial charge >= 0.3 is 0 Å². The third-order valence-corrected chi connectivity index (χ3v) is 3.62. The van der Waals surface area contributed by atoms with Crippen LogP contribution in [0.5, 0.6) is 0 Å². The Labute approximate surface area is 78.6 Å². The molecule has 0 aliphatic heterocycles. The van der Waals surface area contributed by atoms with Crippen LogP contribution in [0.4, 0.5) is 0 Å². The summed E-state index contributed by atoms with van der Waals surface area (Å²) in [6, 6.07) is 0. The molecule has 2 atom stereocenters. The third-order valence-electron chi connectivity index (χ3n) is 3.62. The Morgan fingerprint density at radius 1 is 1.54 bits per heavy atom. The molecule has 1 saturated carbocycles. The van der Waals surface area contributed by atoms with E-state index in [1.807, 2.05) is 0 Å². The van der Waals surface area contributed by atoms with Crippen molar-refractivity contribution in [3.05, 3.63) is 11.6 Å². The number of ketones is 1. The summed E-state index contributed by atoms with van der Waals surface area (Å²) in [6.45, 7) is 2.09. The number of allylic oxidation sites excluding steroid dienone is 1. The number of hydrogen-bond acceptors (Lipinski definition) is 2. The zero-order valence-electron chi connectivity index (χ0n) is 8.05. The van der Waals surface area contributed by atoms with E-state index in [1.165, 1.54) is 5.57 Å². The molecule has 2 aliphatic carbocycles. The van der Waals surface area contributed by atoms with E-state index in [4.69, 9.17) is 0 Å². The van der Waals surface area contributed by atoms with Crippen molar-refractivity contribution >= 4 is 5.78 Å². The Morgan fingerprint density at radius 2 is 2.31 bits per heavy atom. The van der Waals surface area contributed by atoms with Gasteiger partial charge in [0, 0.05) is 11.8 Å². The van der Waals surface area contributed by atoms with Crippen LogP contribution in [0.3, 0.4) is 0 Å². The third kappa shape index (κ3) is 1.33. The van der Waals surface area contributed by atoms with Gasteiger partial charge in [-0.15, -0.1) is 0 Å². The molecule has 1 N–H and O–H groups in total. The Morgan fingerprint density at radius 3 is 3.08 bits per heavy atom. The molecule has 2 heteroatoms. The molecule has 0 aromatic rings. The Balaban J connectivity index is 2.34. The second kappa shape index (κ2) is 2.95. The SMILES string of the molecule is C[C@]12CCC(=O)C=C1CCC[C@H]2O. The zero-order valence-corrected chi connectivity index (χ0v) is 8.05. The van der Waals surface area contributed by atoms with Crippen LogP contribution in [0, 0.1) is 5.41 Å². The molecule has 0 heterocycles. The highest BCUT2D eigenvalue weighted by Crippen LogP contribution is 2.46. The molecule has 0 saturated heterocycles. The van der Waals surface area contributed by atoms with E-state index in [2.05, 4.69) is 6.92 Å². The standard InChI is InChI=1S/C11H16O2/c1-11-6-5-9(12)7-8(11)3-2-4-10(11)13/h7,10,13H,2-6H2,1H3/t10-,11+/m1/s1. The van der Waals surface area contributed by atoms with Gasteiger partial charge in [0.25, 0.3) is 0 Å². The Bertz CT molecular complexity index is 267. The zero-order chi connectivity index (χ0) is 9.47. The van der Waals surface area contributed by atoms with Gasteiger partial charge in [0.2, 0.25) is 0 Å². The second-order valence-electron chi connectivity index (χ2n) is 4.46. The molecule has 1 fully saturated rings. The molecular formula is C11H16O2. The van der Waals surface area contributed by atoms with E-state index in [9.17, 15) is 9.90 Å². The lowest BCUT2D eigenvalue weighted by molar-refractivity contribution is -0.116. The van der Waals surface area contributed by atoms with Crippen molar-refractivity contribution in [1.82, 2.24) is 0 Å². The smallest absolute Gasteiger partial charge is 0.155 e. The molecule has 0 amide bonds. The van der Waals surface area contributed by atoms with Crippen molar-refractivity contribution in [3.8, 4) is 0 Å². The minimum Gasteiger partial charge on any atom is -0.392 e. The van der Waals surface area contributed by atoms with Crippen LogP contribution in [0.25, 0.3) is 0 Å². The van der Waals surface area contributed by atoms with E-state index in [1.54, 1.807) is 6.08 Å². The minimum atomic E-state index is -0.236. The number of aliphatic hydroxyl groups is 1. The van der Waals surface area contributed by atoms with E-state index in [0.29, 0.717) is 6.42 Å². The van der Waals surface area contributed by atoms with Crippen LogP contribution in [0.15, 0.2) is 11.6 Å². The van der Waals surface area contributed by atoms with Crippen LogP contribution in [-0.2, 0) is 4.79 Å². The van der Waals surface area contributed by atoms with Crippen molar-refractivity contribution in [1.29, 1.82) is 0 Å². The highest BCUT2D eigenvalue weighted by Gasteiger charge is 2.41. The van der Waals surface area contributed by atoms with Crippen LogP contribution in [-0.4, -0.2) is 17.0 Å². The lowest BCUT2D eigenvalue weighted by Gasteiger charge is -2.42. The summed E-state index contributed by atoms with van der Waals surface area (Å²) in [5.41, 5.74) is 1.09. The minimum absolute atomic E-state index is 0.0911. The Kier molecular flexibility index (Phi) is 2.03. The molecule has 2 aliphatic rings. The Hall–Kier alpha value is -0.630. The molecule has 0 bridgehead atoms. The van der Waals surface area contributed by atoms with E-state index in [-0.39, 0.29) is 17.3 Å². The number of aliphatic hydroxyl groups excluding tert-OH is 1. The maximum Gasteiger partial charge on any atom is 0.155 e. The summed E-state index contributed by atoms with van der Waals surface area (Å²) in [5.74, 6) is 0.238. The van der Waals surface area contributed by atoms with Gasteiger partial charge in [-0.05, 0) is 31.8 Å². The number of carbonyl (C=O) groups excluding carboxylic acids is 1. The summed E-state index contributed by atoms with van der Waals surface area (Å²) >= 11 is 0. The largest absolute Gasteiger partial charge is 0.392 e. The van der Waals surface area contributed by atoms with Crippen molar-refractivity contribution in [3.63, 3.8) is 0 Å². The first-order valence-electron chi connectivity index (χ1n) is 5.05. The highest BCUT2D eigenvalue weighted by atomic mass is 16.3. The number of carbonyl (C=O) groups is 1. The first-order valence-corrected chi connectivity index (χ1v) is 5.05. The van der Waals surface area contributed by atoms with Crippen LogP contribution < -0.4 is 0 Å². The maximum atomic E-state index is 11.2. The molecule has 0 radical (unpaired) electrons. The normalized spacial score (nSPS) is 39.7. The number of fused-ring (bicyclic) bond motifs is 1. The maximum absolute atomic E-state index is 11.2. The summed E-state index contributed by atoms with van der Waals surface area (Å²) in [4.78, 5) is 11.2. The second-order valence-corrected chi connectivity index (χ2v) is 4.46. The summed E-state index contributed by atoms with van der Waals surface area (Å²) in [6.07, 6.45) is 5.89. The molecule has 0 aromatic carbocycles. The lowest BCUT2D eigenvalue weighted by Crippen LogP contribution is -2.40. The fraction of sp³-hybridized carbons (Fsp3) is 0.727. The van der Waals surface area contributed by atoms with Gasteiger partial charge in [-0.2, -0.15) is 0 Å². The predicted octanol–water partition coefficient (Wildman–Crippen LogP) is 1.83. The quantitative estimate of drug-likeness (QED) is 0.617. The average Bonchev–Trinajstić information content (AvgIpc) is 2.09. The van der Waals surface area contributed by atoms with Crippen molar-refractivity contribution in [2.45, 2.75) is 45.1 Å². The highest BCUT2D eigenvalue weighted by molar-refractivity contribution is 5.91. The van der Waals surface area contributed by atoms with Gasteiger partial charge in [-0.3, -0.25) is 4.79 Å². The monoisotopic (exact) mass is 180 g/mol. The molecule has 0 aromatic heterocycles. The molecule has 0 unspecified atom stereocenters. The van der Waals surface area contributed by atoms with E-state index < -0.39 is 0 Å². The fourth-order valence-electron chi connectivity index (χ4n) is 2.52. The summed E-state index contributed by atoms with van der Waals surface area (Å²) < 4.78 is 0. The lowest BCUT2D eigenvalue weighted by atomic mass is 9.64. The number of rotatable bonds is 0. The average molecular weight is 180 g/mol. The number of hydrogen-bond donors (Lipinski definition) is 1. The van der Waals surface area contributed by atoms with Crippen LogP contribution in [0.1, 0.15) is 39.0 Å². The molecule has 13 heavy (non-hydrogen) atoms. The topological polar surface area (TPSA) is 37.3 Å². The van der Waals surface area contributed by atoms with Gasteiger partial charge in [-0.1, -0.05) is 12.5 Å². The molecule has 2 nitrogen and oxygen atoms in total. The first-order chi connectivity index (χ1) is 6.13. The van der Waals surface area contributed by atoms with E-state index >= 15 is 0 Å². The van der Waals surface area contributed by atoms with Crippen molar-refractivity contribution < 1.29 is 9.90 Å². The van der Waals surface area contributed by atoms with Gasteiger partial charge in [0.1, 0.15) is 0 Å². The van der Waals surface area contributed by atoms with Gasteiger partial charge < -0.3 is 5.11 Å². The van der Waals surface area contributed by atoms with Gasteiger partial charge in [0.15, 0.2) is 5.78 Å². The molecular weight excluding hydrogens is 164 g/mol. The van der Waals surface area contributed by atoms with Crippen LogP contribution in [0.2, 0.25) is 0 Å². The fourth-order valence-corrected chi connectivity index (χ4v) is 2.52. The molecule has 0 spiro atoms. The van der Waals surface area contributed by atoms with Gasteiger partial charge in [-0.25, -0.2) is 0 Å². The van der Waals surface area contributed by atoms with Crippen LogP contribution >= 0.6 is 0 Å². The summed E-state index contributed by atoms with van der Waals surface area (Å²) in [5, 5.41) is 9.90. The van der Waals surface area contributed by atoms with Crippen molar-refractivity contribution in [2.75, 3.05) is 0 Å². The predicted molar refractivity (Wildman–Crippen MR) is 50.3 cm³/mol.